The van der Waals surface area contributed by atoms with Crippen molar-refractivity contribution in [1.29, 1.82) is 0 Å². The number of aromatic nitrogens is 1. The zero-order valence-electron chi connectivity index (χ0n) is 7.43. The number of hydrogen-bond acceptors (Lipinski definition) is 1. The van der Waals surface area contributed by atoms with Crippen LogP contribution < -0.4 is 5.32 Å². The van der Waals surface area contributed by atoms with E-state index >= 15 is 0 Å². The Hall–Kier alpha value is -1.44. The van der Waals surface area contributed by atoms with Crippen molar-refractivity contribution >= 4 is 16.6 Å². The van der Waals surface area contributed by atoms with Crippen LogP contribution in [0.5, 0.6) is 0 Å². The number of H-pyrrole nitrogens is 1. The van der Waals surface area contributed by atoms with Gasteiger partial charge in [0, 0.05) is 29.3 Å². The minimum Gasteiger partial charge on any atom is -0.384 e. The highest BCUT2D eigenvalue weighted by Gasteiger charge is 2.11. The monoisotopic (exact) mass is 172 g/mol. The van der Waals surface area contributed by atoms with Crippen LogP contribution in [-0.2, 0) is 6.42 Å². The lowest BCUT2D eigenvalue weighted by Gasteiger charge is -2.18. The predicted molar refractivity (Wildman–Crippen MR) is 55.1 cm³/mol. The first kappa shape index (κ1) is 7.01. The third-order valence-electron chi connectivity index (χ3n) is 2.75. The molecule has 0 atom stereocenters. The molecule has 0 aliphatic carbocycles. The number of hydrogen-bond donors (Lipinski definition) is 2. The van der Waals surface area contributed by atoms with E-state index < -0.39 is 0 Å². The van der Waals surface area contributed by atoms with E-state index in [4.69, 9.17) is 0 Å². The second-order valence-corrected chi connectivity index (χ2v) is 3.57. The molecular weight excluding hydrogens is 160 g/mol. The fraction of sp³-hybridized carbons (Fsp3) is 0.273. The number of anilines is 1. The highest BCUT2D eigenvalue weighted by Crippen LogP contribution is 2.30. The second-order valence-electron chi connectivity index (χ2n) is 3.57. The number of fused-ring (bicyclic) bond motifs is 3. The van der Waals surface area contributed by atoms with Gasteiger partial charge in [-0.1, -0.05) is 6.07 Å². The molecule has 0 fully saturated rings. The molecular formula is C11H12N2. The van der Waals surface area contributed by atoms with Gasteiger partial charge in [-0.25, -0.2) is 0 Å². The highest BCUT2D eigenvalue weighted by molar-refractivity contribution is 5.94. The molecule has 0 saturated heterocycles. The van der Waals surface area contributed by atoms with Crippen LogP contribution in [0.2, 0.25) is 0 Å². The van der Waals surface area contributed by atoms with E-state index in [1.165, 1.54) is 35.0 Å². The summed E-state index contributed by atoms with van der Waals surface area (Å²) in [5.41, 5.74) is 4.02. The molecule has 3 rings (SSSR count). The van der Waals surface area contributed by atoms with Gasteiger partial charge in [0.2, 0.25) is 0 Å². The van der Waals surface area contributed by atoms with E-state index in [9.17, 15) is 0 Å². The van der Waals surface area contributed by atoms with Gasteiger partial charge >= 0.3 is 0 Å². The summed E-state index contributed by atoms with van der Waals surface area (Å²) in [6.45, 7) is 1.11. The Balaban J connectivity index is 2.34. The summed E-state index contributed by atoms with van der Waals surface area (Å²) in [7, 11) is 0. The third-order valence-corrected chi connectivity index (χ3v) is 2.75. The minimum absolute atomic E-state index is 1.11. The molecule has 1 aromatic heterocycles. The molecule has 0 bridgehead atoms. The van der Waals surface area contributed by atoms with Crippen LogP contribution in [0, 0.1) is 0 Å². The van der Waals surface area contributed by atoms with Gasteiger partial charge in [-0.05, 0) is 30.5 Å². The molecule has 1 aliphatic heterocycles. The predicted octanol–water partition coefficient (Wildman–Crippen LogP) is 2.53. The van der Waals surface area contributed by atoms with E-state index in [1.54, 1.807) is 0 Å². The molecule has 2 N–H and O–H groups in total. The average molecular weight is 172 g/mol. The maximum absolute atomic E-state index is 3.47. The lowest BCUT2D eigenvalue weighted by atomic mass is 10.0. The van der Waals surface area contributed by atoms with Gasteiger partial charge in [0.1, 0.15) is 0 Å². The van der Waals surface area contributed by atoms with E-state index in [1.807, 2.05) is 6.20 Å². The summed E-state index contributed by atoms with van der Waals surface area (Å²) in [6, 6.07) is 6.54. The Morgan fingerprint density at radius 2 is 2.15 bits per heavy atom. The summed E-state index contributed by atoms with van der Waals surface area (Å²) in [5, 5.41) is 4.80. The lowest BCUT2D eigenvalue weighted by Crippen LogP contribution is -2.11. The maximum Gasteiger partial charge on any atom is 0.0475 e. The number of aryl methyl sites for hydroxylation is 1. The molecule has 0 radical (unpaired) electrons. The third kappa shape index (κ3) is 0.949. The second kappa shape index (κ2) is 2.52. The normalized spacial score (nSPS) is 15.4. The van der Waals surface area contributed by atoms with E-state index in [0.717, 1.165) is 6.54 Å². The van der Waals surface area contributed by atoms with Crippen LogP contribution in [-0.4, -0.2) is 11.5 Å². The first-order chi connectivity index (χ1) is 6.45. The molecule has 0 saturated carbocycles. The summed E-state index contributed by atoms with van der Waals surface area (Å²) >= 11 is 0. The zero-order valence-corrected chi connectivity index (χ0v) is 7.43. The average Bonchev–Trinajstić information content (AvgIpc) is 2.65. The first-order valence-electron chi connectivity index (χ1n) is 4.78. The molecule has 2 nitrogen and oxygen atoms in total. The van der Waals surface area contributed by atoms with E-state index in [-0.39, 0.29) is 0 Å². The molecule has 1 aromatic carbocycles. The quantitative estimate of drug-likeness (QED) is 0.628. The van der Waals surface area contributed by atoms with Crippen LogP contribution in [0.4, 0.5) is 5.69 Å². The van der Waals surface area contributed by atoms with E-state index in [0.29, 0.717) is 0 Å². The standard InChI is InChI=1S/C11H12N2/c1-2-8-3-4-10-9(5-7-12-10)11(8)13-6-1/h3-5,7,12-13H,1-2,6H2. The Kier molecular flexibility index (Phi) is 1.36. The van der Waals surface area contributed by atoms with Gasteiger partial charge in [0.25, 0.3) is 0 Å². The lowest BCUT2D eigenvalue weighted by molar-refractivity contribution is 0.833. The van der Waals surface area contributed by atoms with Crippen LogP contribution in [0.3, 0.4) is 0 Å². The van der Waals surface area contributed by atoms with Crippen molar-refractivity contribution in [2.45, 2.75) is 12.8 Å². The highest BCUT2D eigenvalue weighted by atomic mass is 14.9. The molecule has 0 unspecified atom stereocenters. The summed E-state index contributed by atoms with van der Waals surface area (Å²) < 4.78 is 0. The Bertz CT molecular complexity index is 442. The van der Waals surface area contributed by atoms with Crippen molar-refractivity contribution in [3.05, 3.63) is 30.0 Å². The Morgan fingerprint density at radius 3 is 3.15 bits per heavy atom. The maximum atomic E-state index is 3.47. The molecule has 0 spiro atoms. The van der Waals surface area contributed by atoms with Crippen LogP contribution in [0.25, 0.3) is 10.9 Å². The van der Waals surface area contributed by atoms with Crippen molar-refractivity contribution in [2.75, 3.05) is 11.9 Å². The SMILES string of the molecule is c1cc2c3c(ccc2[nH]1)CCCN3. The van der Waals surface area contributed by atoms with Crippen molar-refractivity contribution in [1.82, 2.24) is 4.98 Å². The van der Waals surface area contributed by atoms with Crippen LogP contribution >= 0.6 is 0 Å². The molecule has 2 heteroatoms. The Morgan fingerprint density at radius 1 is 1.15 bits per heavy atom. The Labute approximate surface area is 77.0 Å². The molecule has 2 aromatic rings. The summed E-state index contributed by atoms with van der Waals surface area (Å²) in [4.78, 5) is 3.23. The van der Waals surface area contributed by atoms with E-state index in [2.05, 4.69) is 28.5 Å². The largest absolute Gasteiger partial charge is 0.384 e. The smallest absolute Gasteiger partial charge is 0.0475 e. The van der Waals surface area contributed by atoms with Gasteiger partial charge in [0.05, 0.1) is 0 Å². The summed E-state index contributed by atoms with van der Waals surface area (Å²) in [5.74, 6) is 0. The van der Waals surface area contributed by atoms with Gasteiger partial charge in [-0.2, -0.15) is 0 Å². The number of benzene rings is 1. The number of rotatable bonds is 0. The molecule has 66 valence electrons. The first-order valence-corrected chi connectivity index (χ1v) is 4.78. The van der Waals surface area contributed by atoms with Crippen molar-refractivity contribution in [3.63, 3.8) is 0 Å². The van der Waals surface area contributed by atoms with Crippen molar-refractivity contribution < 1.29 is 0 Å². The van der Waals surface area contributed by atoms with Gasteiger partial charge in [-0.15, -0.1) is 0 Å². The fourth-order valence-electron chi connectivity index (χ4n) is 2.09. The minimum atomic E-state index is 1.11. The molecule has 13 heavy (non-hydrogen) atoms. The fourth-order valence-corrected chi connectivity index (χ4v) is 2.09. The number of aromatic amines is 1. The van der Waals surface area contributed by atoms with Gasteiger partial charge < -0.3 is 10.3 Å². The van der Waals surface area contributed by atoms with Crippen molar-refractivity contribution in [3.8, 4) is 0 Å². The number of nitrogens with one attached hydrogen (secondary N) is 2. The summed E-state index contributed by atoms with van der Waals surface area (Å²) in [6.07, 6.45) is 4.47. The van der Waals surface area contributed by atoms with Crippen LogP contribution in [0.15, 0.2) is 24.4 Å². The molecule has 2 heterocycles. The van der Waals surface area contributed by atoms with Gasteiger partial charge in [0.15, 0.2) is 0 Å². The zero-order chi connectivity index (χ0) is 8.67. The molecule has 1 aliphatic rings. The molecule has 0 amide bonds. The van der Waals surface area contributed by atoms with Crippen LogP contribution in [0.1, 0.15) is 12.0 Å². The van der Waals surface area contributed by atoms with Gasteiger partial charge in [-0.3, -0.25) is 0 Å². The van der Waals surface area contributed by atoms with Crippen molar-refractivity contribution in [2.24, 2.45) is 0 Å². The topological polar surface area (TPSA) is 27.8 Å².